The highest BCUT2D eigenvalue weighted by atomic mass is 79.9. The second-order valence-corrected chi connectivity index (χ2v) is 8.71. The number of benzene rings is 3. The van der Waals surface area contributed by atoms with E-state index in [1.54, 1.807) is 0 Å². The van der Waals surface area contributed by atoms with Crippen LogP contribution >= 0.6 is 31.9 Å². The molecule has 0 unspecified atom stereocenters. The number of para-hydroxylation sites is 2. The van der Waals surface area contributed by atoms with Crippen LogP contribution in [-0.4, -0.2) is 19.3 Å². The van der Waals surface area contributed by atoms with Crippen molar-refractivity contribution < 1.29 is 0 Å². The molecule has 0 atom stereocenters. The Morgan fingerprint density at radius 3 is 2.21 bits per heavy atom. The molecule has 3 aromatic carbocycles. The third-order valence-electron chi connectivity index (χ3n) is 5.18. The van der Waals surface area contributed by atoms with E-state index in [0.29, 0.717) is 0 Å². The topological polar surface area (TPSA) is 22.2 Å². The van der Waals surface area contributed by atoms with Crippen molar-refractivity contribution in [3.05, 3.63) is 83.3 Å². The van der Waals surface area contributed by atoms with E-state index in [2.05, 4.69) is 120 Å². The molecule has 2 heterocycles. The van der Waals surface area contributed by atoms with Gasteiger partial charge in [-0.25, -0.2) is 4.98 Å². The average Bonchev–Trinajstić information content (AvgIpc) is 3.28. The van der Waals surface area contributed by atoms with Crippen LogP contribution in [0.15, 0.2) is 83.3 Å². The van der Waals surface area contributed by atoms with Crippen molar-refractivity contribution in [2.75, 3.05) is 5.33 Å². The first kappa shape index (κ1) is 18.6. The molecule has 2 aromatic heterocycles. The van der Waals surface area contributed by atoms with Crippen molar-refractivity contribution >= 4 is 48.7 Å². The highest BCUT2D eigenvalue weighted by Crippen LogP contribution is 2.38. The number of aryl methyl sites for hydroxylation is 1. The molecule has 5 rings (SSSR count). The zero-order chi connectivity index (χ0) is 19.8. The van der Waals surface area contributed by atoms with Gasteiger partial charge in [0.1, 0.15) is 0 Å². The van der Waals surface area contributed by atoms with Gasteiger partial charge in [-0.15, -0.1) is 0 Å². The van der Waals surface area contributed by atoms with Gasteiger partial charge in [-0.05, 0) is 30.7 Å². The van der Waals surface area contributed by atoms with E-state index in [-0.39, 0.29) is 0 Å². The molecule has 0 aliphatic carbocycles. The molecule has 0 fully saturated rings. The normalized spacial score (nSPS) is 11.5. The quantitative estimate of drug-likeness (QED) is 0.231. The molecule has 0 saturated carbocycles. The molecule has 0 aliphatic rings. The van der Waals surface area contributed by atoms with Gasteiger partial charge in [0.05, 0.1) is 22.4 Å². The lowest BCUT2D eigenvalue weighted by atomic mass is 10.0. The number of hydrogen-bond acceptors (Lipinski definition) is 1. The SMILES string of the molecule is BrCCCn1c(-c2ccccc2)c(-c2ccc(Br)cc2)n2c3ccccc3nc12. The van der Waals surface area contributed by atoms with Crippen LogP contribution in [0.3, 0.4) is 0 Å². The largest absolute Gasteiger partial charge is 0.309 e. The van der Waals surface area contributed by atoms with Crippen LogP contribution in [0, 0.1) is 0 Å². The molecule has 0 aliphatic heterocycles. The summed E-state index contributed by atoms with van der Waals surface area (Å²) in [5.74, 6) is 0.990. The van der Waals surface area contributed by atoms with Crippen LogP contribution in [0.1, 0.15) is 6.42 Å². The summed E-state index contributed by atoms with van der Waals surface area (Å²) in [5.41, 5.74) is 6.93. The third kappa shape index (κ3) is 3.22. The number of hydrogen-bond donors (Lipinski definition) is 0. The molecular formula is C24H19Br2N3. The molecule has 0 saturated heterocycles. The van der Waals surface area contributed by atoms with Crippen LogP contribution in [0.2, 0.25) is 0 Å². The summed E-state index contributed by atoms with van der Waals surface area (Å²) < 4.78 is 5.76. The molecule has 0 spiro atoms. The Kier molecular flexibility index (Phi) is 5.02. The summed E-state index contributed by atoms with van der Waals surface area (Å²) in [5, 5.41) is 0.958. The maximum atomic E-state index is 5.02. The Hall–Kier alpha value is -2.37. The maximum Gasteiger partial charge on any atom is 0.216 e. The van der Waals surface area contributed by atoms with Crippen LogP contribution in [-0.2, 0) is 6.54 Å². The molecule has 5 heteroatoms. The van der Waals surface area contributed by atoms with E-state index < -0.39 is 0 Å². The summed E-state index contributed by atoms with van der Waals surface area (Å²) in [6, 6.07) is 27.6. The Morgan fingerprint density at radius 2 is 1.45 bits per heavy atom. The van der Waals surface area contributed by atoms with E-state index in [1.165, 1.54) is 22.5 Å². The van der Waals surface area contributed by atoms with Gasteiger partial charge in [-0.1, -0.05) is 86.5 Å². The molecule has 0 amide bonds. The standard InChI is InChI=1S/C24H19Br2N3/c25-15-6-16-28-22(17-7-2-1-3-8-17)23(18-11-13-19(26)14-12-18)29-21-10-5-4-9-20(21)27-24(28)29/h1-5,7-14H,6,15-16H2. The predicted molar refractivity (Wildman–Crippen MR) is 128 cm³/mol. The van der Waals surface area contributed by atoms with Gasteiger partial charge < -0.3 is 4.57 Å². The smallest absolute Gasteiger partial charge is 0.216 e. The number of nitrogens with zero attached hydrogens (tertiary/aromatic N) is 3. The molecule has 3 nitrogen and oxygen atoms in total. The zero-order valence-corrected chi connectivity index (χ0v) is 18.9. The average molecular weight is 509 g/mol. The van der Waals surface area contributed by atoms with E-state index in [4.69, 9.17) is 4.98 Å². The van der Waals surface area contributed by atoms with Crippen molar-refractivity contribution in [2.45, 2.75) is 13.0 Å². The highest BCUT2D eigenvalue weighted by Gasteiger charge is 2.23. The summed E-state index contributed by atoms with van der Waals surface area (Å²) >= 11 is 7.17. The van der Waals surface area contributed by atoms with Gasteiger partial charge in [-0.2, -0.15) is 0 Å². The second-order valence-electron chi connectivity index (χ2n) is 7.00. The Labute approximate surface area is 186 Å². The monoisotopic (exact) mass is 507 g/mol. The molecule has 5 aromatic rings. The van der Waals surface area contributed by atoms with E-state index in [0.717, 1.165) is 39.6 Å². The van der Waals surface area contributed by atoms with Crippen molar-refractivity contribution in [1.82, 2.24) is 14.0 Å². The van der Waals surface area contributed by atoms with E-state index >= 15 is 0 Å². The van der Waals surface area contributed by atoms with Gasteiger partial charge in [0, 0.05) is 27.5 Å². The summed E-state index contributed by atoms with van der Waals surface area (Å²) in [4.78, 5) is 5.02. The second kappa shape index (κ2) is 7.81. The predicted octanol–water partition coefficient (Wildman–Crippen LogP) is 7.17. The highest BCUT2D eigenvalue weighted by molar-refractivity contribution is 9.10. The number of halogens is 2. The fourth-order valence-corrected chi connectivity index (χ4v) is 4.46. The van der Waals surface area contributed by atoms with Crippen molar-refractivity contribution in [3.63, 3.8) is 0 Å². The first-order valence-electron chi connectivity index (χ1n) is 9.65. The summed E-state index contributed by atoms with van der Waals surface area (Å²) in [7, 11) is 0. The van der Waals surface area contributed by atoms with Gasteiger partial charge in [0.15, 0.2) is 0 Å². The number of aromatic nitrogens is 3. The molecule has 144 valence electrons. The lowest BCUT2D eigenvalue weighted by molar-refractivity contribution is 0.708. The van der Waals surface area contributed by atoms with Gasteiger partial charge in [-0.3, -0.25) is 4.40 Å². The number of alkyl halides is 1. The first-order valence-corrected chi connectivity index (χ1v) is 11.6. The number of fused-ring (bicyclic) bond motifs is 3. The fourth-order valence-electron chi connectivity index (χ4n) is 3.94. The van der Waals surface area contributed by atoms with Crippen molar-refractivity contribution in [2.24, 2.45) is 0 Å². The molecular weight excluding hydrogens is 490 g/mol. The van der Waals surface area contributed by atoms with Gasteiger partial charge >= 0.3 is 0 Å². The summed E-state index contributed by atoms with van der Waals surface area (Å²) in [6.45, 7) is 0.902. The lowest BCUT2D eigenvalue weighted by Gasteiger charge is -2.11. The van der Waals surface area contributed by atoms with E-state index in [1.807, 2.05) is 0 Å². The van der Waals surface area contributed by atoms with Crippen LogP contribution in [0.5, 0.6) is 0 Å². The minimum absolute atomic E-state index is 0.902. The first-order chi connectivity index (χ1) is 14.3. The van der Waals surface area contributed by atoms with Crippen LogP contribution in [0.4, 0.5) is 0 Å². The Bertz CT molecular complexity index is 1280. The molecule has 0 bridgehead atoms. The molecule has 0 radical (unpaired) electrons. The van der Waals surface area contributed by atoms with Crippen molar-refractivity contribution in [1.29, 1.82) is 0 Å². The van der Waals surface area contributed by atoms with E-state index in [9.17, 15) is 0 Å². The maximum absolute atomic E-state index is 5.02. The number of rotatable bonds is 5. The van der Waals surface area contributed by atoms with Gasteiger partial charge in [0.2, 0.25) is 5.78 Å². The summed E-state index contributed by atoms with van der Waals surface area (Å²) in [6.07, 6.45) is 1.03. The molecule has 29 heavy (non-hydrogen) atoms. The van der Waals surface area contributed by atoms with Crippen LogP contribution in [0.25, 0.3) is 39.3 Å². The third-order valence-corrected chi connectivity index (χ3v) is 6.27. The van der Waals surface area contributed by atoms with Gasteiger partial charge in [0.25, 0.3) is 0 Å². The fraction of sp³-hybridized carbons (Fsp3) is 0.125. The Balaban J connectivity index is 1.93. The van der Waals surface area contributed by atoms with Crippen LogP contribution < -0.4 is 0 Å². The minimum atomic E-state index is 0.902. The molecule has 0 N–H and O–H groups in total. The van der Waals surface area contributed by atoms with Crippen molar-refractivity contribution in [3.8, 4) is 22.5 Å². The number of imidazole rings is 2. The Morgan fingerprint density at radius 1 is 0.759 bits per heavy atom. The lowest BCUT2D eigenvalue weighted by Crippen LogP contribution is -2.02. The minimum Gasteiger partial charge on any atom is -0.309 e. The zero-order valence-electron chi connectivity index (χ0n) is 15.7.